The molecule has 0 atom stereocenters. The van der Waals surface area contributed by atoms with Gasteiger partial charge in [0.25, 0.3) is 5.91 Å². The molecule has 0 radical (unpaired) electrons. The van der Waals surface area contributed by atoms with Crippen molar-refractivity contribution < 1.29 is 14.3 Å². The molecule has 1 amide bonds. The standard InChI is InChI=1S/C22H25N3O3/c1-5-27-21-12-16(10-11-20(21)28-15(2)3)14-23-24-22(26)19-13-17-8-6-7-9-18(17)25(19)4/h6-15H,5H2,1-4H3,(H,24,26)/b23-14+. The highest BCUT2D eigenvalue weighted by Gasteiger charge is 2.12. The van der Waals surface area contributed by atoms with Crippen LogP contribution in [0, 0.1) is 0 Å². The summed E-state index contributed by atoms with van der Waals surface area (Å²) >= 11 is 0. The van der Waals surface area contributed by atoms with Crippen LogP contribution in [0.1, 0.15) is 36.8 Å². The van der Waals surface area contributed by atoms with Crippen molar-refractivity contribution in [2.45, 2.75) is 26.9 Å². The Labute approximate surface area is 164 Å². The second kappa shape index (κ2) is 8.61. The lowest BCUT2D eigenvalue weighted by Crippen LogP contribution is -2.20. The van der Waals surface area contributed by atoms with E-state index in [0.29, 0.717) is 23.8 Å². The number of hydrazone groups is 1. The number of ether oxygens (including phenoxy) is 2. The van der Waals surface area contributed by atoms with Crippen molar-refractivity contribution in [3.8, 4) is 11.5 Å². The molecule has 3 aromatic rings. The van der Waals surface area contributed by atoms with E-state index in [-0.39, 0.29) is 12.0 Å². The molecule has 2 aromatic carbocycles. The summed E-state index contributed by atoms with van der Waals surface area (Å²) < 4.78 is 13.3. The van der Waals surface area contributed by atoms with E-state index in [2.05, 4.69) is 10.5 Å². The molecule has 0 saturated carbocycles. The van der Waals surface area contributed by atoms with Gasteiger partial charge in [0.15, 0.2) is 11.5 Å². The van der Waals surface area contributed by atoms with Crippen LogP contribution in [0.2, 0.25) is 0 Å². The van der Waals surface area contributed by atoms with Crippen LogP contribution >= 0.6 is 0 Å². The van der Waals surface area contributed by atoms with E-state index in [9.17, 15) is 4.79 Å². The van der Waals surface area contributed by atoms with Crippen molar-refractivity contribution in [2.75, 3.05) is 6.61 Å². The Morgan fingerprint density at radius 1 is 1.18 bits per heavy atom. The predicted molar refractivity (Wildman–Crippen MR) is 111 cm³/mol. The molecule has 0 spiro atoms. The number of nitrogens with zero attached hydrogens (tertiary/aromatic N) is 2. The van der Waals surface area contributed by atoms with Crippen molar-refractivity contribution in [3.05, 3.63) is 59.8 Å². The highest BCUT2D eigenvalue weighted by Crippen LogP contribution is 2.29. The molecule has 6 nitrogen and oxygen atoms in total. The minimum absolute atomic E-state index is 0.0545. The van der Waals surface area contributed by atoms with E-state index >= 15 is 0 Å². The maximum Gasteiger partial charge on any atom is 0.287 e. The van der Waals surface area contributed by atoms with Crippen LogP contribution in [0.3, 0.4) is 0 Å². The third-order valence-corrected chi connectivity index (χ3v) is 4.19. The first-order valence-electron chi connectivity index (χ1n) is 9.31. The van der Waals surface area contributed by atoms with Gasteiger partial charge in [0.1, 0.15) is 5.69 Å². The summed E-state index contributed by atoms with van der Waals surface area (Å²) in [6.45, 7) is 6.39. The van der Waals surface area contributed by atoms with Gasteiger partial charge >= 0.3 is 0 Å². The number of aryl methyl sites for hydroxylation is 1. The van der Waals surface area contributed by atoms with Crippen molar-refractivity contribution in [3.63, 3.8) is 0 Å². The average Bonchev–Trinajstić information content (AvgIpc) is 3.01. The molecule has 0 fully saturated rings. The zero-order chi connectivity index (χ0) is 20.1. The molecule has 0 aliphatic heterocycles. The predicted octanol–water partition coefficient (Wildman–Crippen LogP) is 4.13. The van der Waals surface area contributed by atoms with Crippen molar-refractivity contribution in [1.82, 2.24) is 9.99 Å². The van der Waals surface area contributed by atoms with Crippen LogP contribution in [0.4, 0.5) is 0 Å². The van der Waals surface area contributed by atoms with E-state index < -0.39 is 0 Å². The van der Waals surface area contributed by atoms with E-state index in [0.717, 1.165) is 16.5 Å². The monoisotopic (exact) mass is 379 g/mol. The number of rotatable bonds is 7. The smallest absolute Gasteiger partial charge is 0.287 e. The fourth-order valence-corrected chi connectivity index (χ4v) is 2.95. The third-order valence-electron chi connectivity index (χ3n) is 4.19. The Bertz CT molecular complexity index is 1010. The molecule has 146 valence electrons. The second-order valence-electron chi connectivity index (χ2n) is 6.65. The number of hydrogen-bond acceptors (Lipinski definition) is 4. The van der Waals surface area contributed by atoms with E-state index in [4.69, 9.17) is 9.47 Å². The zero-order valence-electron chi connectivity index (χ0n) is 16.6. The summed E-state index contributed by atoms with van der Waals surface area (Å²) in [5.74, 6) is 1.08. The first kappa shape index (κ1) is 19.5. The highest BCUT2D eigenvalue weighted by molar-refractivity contribution is 5.99. The number of carbonyl (C=O) groups excluding carboxylic acids is 1. The molecule has 0 aliphatic rings. The van der Waals surface area contributed by atoms with Gasteiger partial charge < -0.3 is 14.0 Å². The van der Waals surface area contributed by atoms with Crippen molar-refractivity contribution in [2.24, 2.45) is 12.1 Å². The Balaban J connectivity index is 1.73. The van der Waals surface area contributed by atoms with Gasteiger partial charge in [-0.15, -0.1) is 0 Å². The van der Waals surface area contributed by atoms with Crippen LogP contribution in [-0.4, -0.2) is 29.4 Å². The quantitative estimate of drug-likeness (QED) is 0.496. The first-order valence-corrected chi connectivity index (χ1v) is 9.31. The lowest BCUT2D eigenvalue weighted by atomic mass is 10.2. The number of fused-ring (bicyclic) bond motifs is 1. The molecule has 1 N–H and O–H groups in total. The first-order chi connectivity index (χ1) is 13.5. The number of para-hydroxylation sites is 1. The molecule has 0 bridgehead atoms. The van der Waals surface area contributed by atoms with Crippen LogP contribution in [0.15, 0.2) is 53.6 Å². The third kappa shape index (κ3) is 4.34. The van der Waals surface area contributed by atoms with Gasteiger partial charge in [-0.05, 0) is 56.7 Å². The Hall–Kier alpha value is -3.28. The molecule has 3 rings (SSSR count). The van der Waals surface area contributed by atoms with Crippen LogP contribution in [0.25, 0.3) is 10.9 Å². The fraction of sp³-hybridized carbons (Fsp3) is 0.273. The molecule has 0 aliphatic carbocycles. The van der Waals surface area contributed by atoms with E-state index in [1.807, 2.05) is 80.9 Å². The van der Waals surface area contributed by atoms with Gasteiger partial charge in [0, 0.05) is 18.0 Å². The number of carbonyl (C=O) groups is 1. The number of benzene rings is 2. The molecular weight excluding hydrogens is 354 g/mol. The minimum Gasteiger partial charge on any atom is -0.490 e. The minimum atomic E-state index is -0.264. The molecule has 6 heteroatoms. The summed E-state index contributed by atoms with van der Waals surface area (Å²) in [4.78, 5) is 12.5. The molecule has 1 aromatic heterocycles. The average molecular weight is 379 g/mol. The van der Waals surface area contributed by atoms with Gasteiger partial charge in [0.2, 0.25) is 0 Å². The SMILES string of the molecule is CCOc1cc(/C=N/NC(=O)c2cc3ccccc3n2C)ccc1OC(C)C. The van der Waals surface area contributed by atoms with Gasteiger partial charge in [-0.25, -0.2) is 5.43 Å². The molecule has 0 saturated heterocycles. The van der Waals surface area contributed by atoms with Gasteiger partial charge in [-0.2, -0.15) is 5.10 Å². The van der Waals surface area contributed by atoms with Crippen LogP contribution in [-0.2, 0) is 7.05 Å². The van der Waals surface area contributed by atoms with Crippen LogP contribution in [0.5, 0.6) is 11.5 Å². The molecular formula is C22H25N3O3. The van der Waals surface area contributed by atoms with Crippen LogP contribution < -0.4 is 14.9 Å². The maximum atomic E-state index is 12.5. The van der Waals surface area contributed by atoms with Crippen molar-refractivity contribution >= 4 is 23.0 Å². The lowest BCUT2D eigenvalue weighted by molar-refractivity contribution is 0.0947. The fourth-order valence-electron chi connectivity index (χ4n) is 2.95. The van der Waals surface area contributed by atoms with Gasteiger partial charge in [0.05, 0.1) is 18.9 Å². The van der Waals surface area contributed by atoms with E-state index in [1.54, 1.807) is 6.21 Å². The summed E-state index contributed by atoms with van der Waals surface area (Å²) in [6, 6.07) is 15.3. The molecule has 0 unspecified atom stereocenters. The summed E-state index contributed by atoms with van der Waals surface area (Å²) in [5.41, 5.74) is 4.94. The lowest BCUT2D eigenvalue weighted by Gasteiger charge is -2.14. The highest BCUT2D eigenvalue weighted by atomic mass is 16.5. The Morgan fingerprint density at radius 3 is 2.68 bits per heavy atom. The molecule has 28 heavy (non-hydrogen) atoms. The van der Waals surface area contributed by atoms with Crippen molar-refractivity contribution in [1.29, 1.82) is 0 Å². The maximum absolute atomic E-state index is 12.5. The summed E-state index contributed by atoms with van der Waals surface area (Å²) in [6.07, 6.45) is 1.64. The Morgan fingerprint density at radius 2 is 1.96 bits per heavy atom. The van der Waals surface area contributed by atoms with Gasteiger partial charge in [-0.3, -0.25) is 4.79 Å². The Kier molecular flexibility index (Phi) is 5.99. The number of aromatic nitrogens is 1. The second-order valence-corrected chi connectivity index (χ2v) is 6.65. The van der Waals surface area contributed by atoms with Gasteiger partial charge in [-0.1, -0.05) is 18.2 Å². The number of amides is 1. The largest absolute Gasteiger partial charge is 0.490 e. The summed E-state index contributed by atoms with van der Waals surface area (Å²) in [5, 5.41) is 5.10. The normalized spacial score (nSPS) is 11.3. The van der Waals surface area contributed by atoms with E-state index in [1.165, 1.54) is 0 Å². The number of hydrogen-bond donors (Lipinski definition) is 1. The zero-order valence-corrected chi connectivity index (χ0v) is 16.6. The molecule has 1 heterocycles. The topological polar surface area (TPSA) is 64.8 Å². The number of nitrogens with one attached hydrogen (secondary N) is 1. The summed E-state index contributed by atoms with van der Waals surface area (Å²) in [7, 11) is 1.86.